The zero-order valence-corrected chi connectivity index (χ0v) is 15.2. The second-order valence-corrected chi connectivity index (χ2v) is 6.55. The second kappa shape index (κ2) is 9.34. The fourth-order valence-electron chi connectivity index (χ4n) is 2.67. The van der Waals surface area contributed by atoms with Crippen molar-refractivity contribution in [1.29, 1.82) is 0 Å². The largest absolute Gasteiger partial charge is 0.507 e. The average Bonchev–Trinajstić information content (AvgIpc) is 2.48. The van der Waals surface area contributed by atoms with Crippen molar-refractivity contribution in [3.8, 4) is 11.5 Å². The maximum Gasteiger partial charge on any atom is 0.133 e. The summed E-state index contributed by atoms with van der Waals surface area (Å²) in [7, 11) is 0. The molecule has 0 bridgehead atoms. The highest BCUT2D eigenvalue weighted by Crippen LogP contribution is 2.43. The molecule has 120 valence electrons. The van der Waals surface area contributed by atoms with E-state index < -0.39 is 0 Å². The van der Waals surface area contributed by atoms with Gasteiger partial charge in [-0.1, -0.05) is 40.0 Å². The molecule has 0 aliphatic heterocycles. The summed E-state index contributed by atoms with van der Waals surface area (Å²) in [6, 6.07) is 0. The number of halogens is 1. The molecule has 0 aromatic heterocycles. The van der Waals surface area contributed by atoms with E-state index in [9.17, 15) is 10.2 Å². The lowest BCUT2D eigenvalue weighted by Gasteiger charge is -2.19. The van der Waals surface area contributed by atoms with Crippen LogP contribution in [0.4, 0.5) is 0 Å². The van der Waals surface area contributed by atoms with Gasteiger partial charge in [-0.15, -0.1) is 0 Å². The van der Waals surface area contributed by atoms with E-state index in [1.807, 2.05) is 0 Å². The summed E-state index contributed by atoms with van der Waals surface area (Å²) < 4.78 is 0.694. The summed E-state index contributed by atoms with van der Waals surface area (Å²) in [6.07, 6.45) is 8.85. The third-order valence-corrected chi connectivity index (χ3v) is 4.89. The standard InChI is InChI=1S/C18H29BrO2/c1-4-7-10-13-14(11-8-5-2)18(21)16(19)15(17(13)20)12-9-6-3/h20-21H,4-12H2,1-3H3. The van der Waals surface area contributed by atoms with Gasteiger partial charge in [0.05, 0.1) is 4.47 Å². The van der Waals surface area contributed by atoms with Crippen LogP contribution >= 0.6 is 15.9 Å². The fourth-order valence-corrected chi connectivity index (χ4v) is 3.30. The Kier molecular flexibility index (Phi) is 8.16. The Morgan fingerprint density at radius 3 is 1.48 bits per heavy atom. The molecule has 0 heterocycles. The Morgan fingerprint density at radius 1 is 0.667 bits per heavy atom. The lowest BCUT2D eigenvalue weighted by molar-refractivity contribution is 0.436. The molecule has 2 N–H and O–H groups in total. The van der Waals surface area contributed by atoms with E-state index in [0.29, 0.717) is 16.0 Å². The molecule has 1 aromatic rings. The summed E-state index contributed by atoms with van der Waals surface area (Å²) in [5.74, 6) is 0.756. The van der Waals surface area contributed by atoms with Crippen molar-refractivity contribution < 1.29 is 10.2 Å². The van der Waals surface area contributed by atoms with Gasteiger partial charge in [-0.2, -0.15) is 0 Å². The monoisotopic (exact) mass is 356 g/mol. The second-order valence-electron chi connectivity index (χ2n) is 5.76. The van der Waals surface area contributed by atoms with Gasteiger partial charge in [0.1, 0.15) is 11.5 Å². The first-order valence-electron chi connectivity index (χ1n) is 8.32. The van der Waals surface area contributed by atoms with Gasteiger partial charge < -0.3 is 10.2 Å². The molecule has 0 unspecified atom stereocenters. The van der Waals surface area contributed by atoms with Gasteiger partial charge in [0.15, 0.2) is 0 Å². The SMILES string of the molecule is CCCCc1c(O)c(CCCC)c(CCCC)c(O)c1Br. The van der Waals surface area contributed by atoms with Gasteiger partial charge in [0, 0.05) is 16.7 Å². The zero-order valence-electron chi connectivity index (χ0n) is 13.6. The number of phenols is 2. The van der Waals surface area contributed by atoms with Gasteiger partial charge in [0.2, 0.25) is 0 Å². The van der Waals surface area contributed by atoms with Crippen LogP contribution in [0.15, 0.2) is 4.47 Å². The molecule has 2 nitrogen and oxygen atoms in total. The molecule has 0 saturated heterocycles. The van der Waals surface area contributed by atoms with Gasteiger partial charge in [0.25, 0.3) is 0 Å². The molecular formula is C18H29BrO2. The minimum Gasteiger partial charge on any atom is -0.507 e. The number of aromatic hydroxyl groups is 2. The first-order valence-corrected chi connectivity index (χ1v) is 9.11. The van der Waals surface area contributed by atoms with Gasteiger partial charge in [-0.25, -0.2) is 0 Å². The molecule has 3 heteroatoms. The molecular weight excluding hydrogens is 328 g/mol. The van der Waals surface area contributed by atoms with Crippen LogP contribution in [-0.2, 0) is 19.3 Å². The summed E-state index contributed by atoms with van der Waals surface area (Å²) in [5.41, 5.74) is 2.78. The zero-order chi connectivity index (χ0) is 15.8. The van der Waals surface area contributed by atoms with Crippen molar-refractivity contribution in [2.24, 2.45) is 0 Å². The van der Waals surface area contributed by atoms with Gasteiger partial charge in [-0.05, 0) is 54.5 Å². The molecule has 0 atom stereocenters. The molecule has 0 fully saturated rings. The van der Waals surface area contributed by atoms with E-state index in [1.54, 1.807) is 0 Å². The third kappa shape index (κ3) is 4.64. The first kappa shape index (κ1) is 18.3. The smallest absolute Gasteiger partial charge is 0.133 e. The first-order chi connectivity index (χ1) is 10.1. The Balaban J connectivity index is 3.27. The normalized spacial score (nSPS) is 11.0. The van der Waals surface area contributed by atoms with Gasteiger partial charge >= 0.3 is 0 Å². The Morgan fingerprint density at radius 2 is 1.05 bits per heavy atom. The summed E-state index contributed by atoms with van der Waals surface area (Å²) in [4.78, 5) is 0. The fraction of sp³-hybridized carbons (Fsp3) is 0.667. The molecule has 1 rings (SSSR count). The van der Waals surface area contributed by atoms with E-state index in [2.05, 4.69) is 36.7 Å². The number of hydrogen-bond donors (Lipinski definition) is 2. The highest BCUT2D eigenvalue weighted by Gasteiger charge is 2.21. The van der Waals surface area contributed by atoms with Crippen molar-refractivity contribution in [1.82, 2.24) is 0 Å². The van der Waals surface area contributed by atoms with Crippen LogP contribution in [0.5, 0.6) is 11.5 Å². The van der Waals surface area contributed by atoms with Crippen molar-refractivity contribution in [2.75, 3.05) is 0 Å². The predicted molar refractivity (Wildman–Crippen MR) is 93.3 cm³/mol. The quantitative estimate of drug-likeness (QED) is 0.541. The van der Waals surface area contributed by atoms with Crippen LogP contribution in [-0.4, -0.2) is 10.2 Å². The number of phenolic OH excluding ortho intramolecular Hbond substituents is 2. The molecule has 0 amide bonds. The molecule has 21 heavy (non-hydrogen) atoms. The number of hydrogen-bond acceptors (Lipinski definition) is 2. The molecule has 0 aliphatic rings. The maximum atomic E-state index is 10.7. The Bertz CT molecular complexity index is 455. The van der Waals surface area contributed by atoms with Crippen LogP contribution < -0.4 is 0 Å². The molecule has 0 aliphatic carbocycles. The summed E-state index contributed by atoms with van der Waals surface area (Å²) >= 11 is 3.50. The van der Waals surface area contributed by atoms with Crippen LogP contribution in [0.1, 0.15) is 76.0 Å². The van der Waals surface area contributed by atoms with Crippen LogP contribution in [0.25, 0.3) is 0 Å². The Labute approximate surface area is 137 Å². The number of benzene rings is 1. The van der Waals surface area contributed by atoms with E-state index >= 15 is 0 Å². The number of unbranched alkanes of at least 4 members (excludes halogenated alkanes) is 3. The van der Waals surface area contributed by atoms with Crippen molar-refractivity contribution >= 4 is 15.9 Å². The van der Waals surface area contributed by atoms with E-state index in [0.717, 1.165) is 74.5 Å². The van der Waals surface area contributed by atoms with E-state index in [4.69, 9.17) is 0 Å². The highest BCUT2D eigenvalue weighted by molar-refractivity contribution is 9.10. The lowest BCUT2D eigenvalue weighted by atomic mass is 9.92. The minimum atomic E-state index is 0.346. The van der Waals surface area contributed by atoms with Crippen molar-refractivity contribution in [3.05, 3.63) is 21.2 Å². The van der Waals surface area contributed by atoms with E-state index in [1.165, 1.54) is 0 Å². The molecule has 0 saturated carbocycles. The predicted octanol–water partition coefficient (Wildman–Crippen LogP) is 5.89. The summed E-state index contributed by atoms with van der Waals surface area (Å²) in [5, 5.41) is 21.2. The van der Waals surface area contributed by atoms with Crippen LogP contribution in [0.3, 0.4) is 0 Å². The minimum absolute atomic E-state index is 0.346. The van der Waals surface area contributed by atoms with Crippen molar-refractivity contribution in [2.45, 2.75) is 78.6 Å². The highest BCUT2D eigenvalue weighted by atomic mass is 79.9. The summed E-state index contributed by atoms with van der Waals surface area (Å²) in [6.45, 7) is 6.44. The molecule has 0 radical (unpaired) electrons. The molecule has 0 spiro atoms. The van der Waals surface area contributed by atoms with Crippen LogP contribution in [0, 0.1) is 0 Å². The maximum absolute atomic E-state index is 10.7. The lowest BCUT2D eigenvalue weighted by Crippen LogP contribution is -2.02. The third-order valence-electron chi connectivity index (χ3n) is 4.04. The van der Waals surface area contributed by atoms with Gasteiger partial charge in [-0.3, -0.25) is 0 Å². The van der Waals surface area contributed by atoms with Crippen LogP contribution in [0.2, 0.25) is 0 Å². The number of rotatable bonds is 9. The molecule has 1 aromatic carbocycles. The topological polar surface area (TPSA) is 40.5 Å². The van der Waals surface area contributed by atoms with E-state index in [-0.39, 0.29) is 0 Å². The Hall–Kier alpha value is -0.700. The average molecular weight is 357 g/mol. The van der Waals surface area contributed by atoms with Crippen molar-refractivity contribution in [3.63, 3.8) is 0 Å².